The number of carbonyl (C=O) groups is 1. The van der Waals surface area contributed by atoms with Crippen LogP contribution in [0, 0.1) is 0 Å². The third-order valence-electron chi connectivity index (χ3n) is 3.45. The minimum atomic E-state index is -4.56. The smallest absolute Gasteiger partial charge is 0.338 e. The van der Waals surface area contributed by atoms with Gasteiger partial charge in [-0.25, -0.2) is 0 Å². The molecule has 2 N–H and O–H groups in total. The predicted molar refractivity (Wildman–Crippen MR) is 86.3 cm³/mol. The van der Waals surface area contributed by atoms with E-state index in [9.17, 15) is 19.1 Å². The van der Waals surface area contributed by atoms with E-state index in [1.807, 2.05) is 0 Å². The molecule has 0 saturated carbocycles. The monoisotopic (exact) mass is 344 g/mol. The Hall–Kier alpha value is -1.82. The van der Waals surface area contributed by atoms with Gasteiger partial charge in [-0.3, -0.25) is 9.36 Å². The first-order valence-corrected chi connectivity index (χ1v) is 8.28. The number of rotatable bonds is 7. The van der Waals surface area contributed by atoms with Crippen LogP contribution in [0.2, 0.25) is 0 Å². The molecule has 128 valence electrons. The van der Waals surface area contributed by atoms with Crippen LogP contribution in [-0.4, -0.2) is 42.1 Å². The molecule has 8 heteroatoms. The SMILES string of the molecule is COc1cc(C=CC(=O)C(C)(C)P(=O)(O)O)cc(OC)c1OC. The zero-order chi connectivity index (χ0) is 17.8. The molecule has 23 heavy (non-hydrogen) atoms. The zero-order valence-corrected chi connectivity index (χ0v) is 14.6. The van der Waals surface area contributed by atoms with Crippen LogP contribution in [0.15, 0.2) is 18.2 Å². The van der Waals surface area contributed by atoms with Crippen molar-refractivity contribution < 1.29 is 33.4 Å². The Bertz CT molecular complexity index is 633. The highest BCUT2D eigenvalue weighted by molar-refractivity contribution is 7.54. The van der Waals surface area contributed by atoms with E-state index in [1.165, 1.54) is 41.3 Å². The second-order valence-electron chi connectivity index (χ2n) is 5.26. The van der Waals surface area contributed by atoms with Crippen molar-refractivity contribution in [3.63, 3.8) is 0 Å². The Morgan fingerprint density at radius 3 is 1.91 bits per heavy atom. The van der Waals surface area contributed by atoms with E-state index in [-0.39, 0.29) is 0 Å². The van der Waals surface area contributed by atoms with Crippen LogP contribution in [0.3, 0.4) is 0 Å². The Kier molecular flexibility index (Phi) is 5.99. The summed E-state index contributed by atoms with van der Waals surface area (Å²) in [5.41, 5.74) is 0.564. The van der Waals surface area contributed by atoms with Gasteiger partial charge in [-0.1, -0.05) is 6.08 Å². The van der Waals surface area contributed by atoms with Crippen molar-refractivity contribution in [2.75, 3.05) is 21.3 Å². The second-order valence-corrected chi connectivity index (χ2v) is 7.47. The third kappa shape index (κ3) is 4.13. The number of hydrogen-bond donors (Lipinski definition) is 2. The van der Waals surface area contributed by atoms with Crippen LogP contribution in [0.5, 0.6) is 17.2 Å². The Labute approximate surface area is 135 Å². The fourth-order valence-corrected chi connectivity index (χ4v) is 2.08. The molecule has 0 amide bonds. The molecule has 0 aliphatic carbocycles. The van der Waals surface area contributed by atoms with Crippen LogP contribution < -0.4 is 14.2 Å². The topological polar surface area (TPSA) is 102 Å². The molecule has 0 aliphatic rings. The van der Waals surface area contributed by atoms with E-state index >= 15 is 0 Å². The van der Waals surface area contributed by atoms with Gasteiger partial charge in [-0.2, -0.15) is 0 Å². The van der Waals surface area contributed by atoms with Crippen molar-refractivity contribution in [2.24, 2.45) is 0 Å². The Balaban J connectivity index is 3.19. The van der Waals surface area contributed by atoms with Gasteiger partial charge in [0.15, 0.2) is 17.3 Å². The average Bonchev–Trinajstić information content (AvgIpc) is 2.49. The summed E-state index contributed by atoms with van der Waals surface area (Å²) in [5, 5.41) is -1.79. The minimum Gasteiger partial charge on any atom is -0.493 e. The summed E-state index contributed by atoms with van der Waals surface area (Å²) >= 11 is 0. The van der Waals surface area contributed by atoms with E-state index in [0.29, 0.717) is 22.8 Å². The maximum atomic E-state index is 12.1. The fourth-order valence-electron chi connectivity index (χ4n) is 1.72. The van der Waals surface area contributed by atoms with Gasteiger partial charge >= 0.3 is 7.60 Å². The molecular weight excluding hydrogens is 323 g/mol. The number of carbonyl (C=O) groups excluding carboxylic acids is 1. The van der Waals surface area contributed by atoms with Crippen molar-refractivity contribution in [1.82, 2.24) is 0 Å². The highest BCUT2D eigenvalue weighted by Gasteiger charge is 2.43. The first-order valence-electron chi connectivity index (χ1n) is 6.66. The van der Waals surface area contributed by atoms with Crippen molar-refractivity contribution in [1.29, 1.82) is 0 Å². The molecule has 0 radical (unpaired) electrons. The first-order chi connectivity index (χ1) is 10.6. The number of benzene rings is 1. The fraction of sp³-hybridized carbons (Fsp3) is 0.400. The molecule has 0 aromatic heterocycles. The lowest BCUT2D eigenvalue weighted by Crippen LogP contribution is -2.29. The van der Waals surface area contributed by atoms with E-state index in [1.54, 1.807) is 12.1 Å². The summed E-state index contributed by atoms with van der Waals surface area (Å²) < 4.78 is 27.0. The van der Waals surface area contributed by atoms with Gasteiger partial charge in [0.25, 0.3) is 0 Å². The maximum absolute atomic E-state index is 12.1. The summed E-state index contributed by atoms with van der Waals surface area (Å²) in [6.07, 6.45) is 2.56. The van der Waals surface area contributed by atoms with Crippen molar-refractivity contribution in [2.45, 2.75) is 19.0 Å². The average molecular weight is 344 g/mol. The normalized spacial score (nSPS) is 12.3. The molecule has 0 spiro atoms. The van der Waals surface area contributed by atoms with Crippen LogP contribution in [0.1, 0.15) is 19.4 Å². The maximum Gasteiger partial charge on any atom is 0.338 e. The molecule has 0 heterocycles. The van der Waals surface area contributed by atoms with Crippen molar-refractivity contribution >= 4 is 19.5 Å². The number of allylic oxidation sites excluding steroid dienone is 1. The van der Waals surface area contributed by atoms with Gasteiger partial charge in [0.1, 0.15) is 5.16 Å². The lowest BCUT2D eigenvalue weighted by Gasteiger charge is -2.22. The van der Waals surface area contributed by atoms with Crippen molar-refractivity contribution in [3.8, 4) is 17.2 Å². The molecule has 1 rings (SSSR count). The van der Waals surface area contributed by atoms with Gasteiger partial charge in [-0.15, -0.1) is 0 Å². The summed E-state index contributed by atoms with van der Waals surface area (Å²) in [6.45, 7) is 2.41. The number of hydrogen-bond acceptors (Lipinski definition) is 5. The summed E-state index contributed by atoms with van der Waals surface area (Å²) in [5.74, 6) is 0.551. The highest BCUT2D eigenvalue weighted by Crippen LogP contribution is 2.50. The van der Waals surface area contributed by atoms with E-state index < -0.39 is 18.5 Å². The Morgan fingerprint density at radius 2 is 1.57 bits per heavy atom. The summed E-state index contributed by atoms with van der Waals surface area (Å²) in [6, 6.07) is 3.24. The van der Waals surface area contributed by atoms with Gasteiger partial charge < -0.3 is 24.0 Å². The number of ketones is 1. The van der Waals surface area contributed by atoms with Crippen LogP contribution in [0.4, 0.5) is 0 Å². The van der Waals surface area contributed by atoms with Gasteiger partial charge in [0.2, 0.25) is 5.75 Å². The summed E-state index contributed by atoms with van der Waals surface area (Å²) in [4.78, 5) is 30.5. The largest absolute Gasteiger partial charge is 0.493 e. The second kappa shape index (κ2) is 7.17. The molecule has 0 unspecified atom stereocenters. The zero-order valence-electron chi connectivity index (χ0n) is 13.7. The van der Waals surface area contributed by atoms with Crippen LogP contribution >= 0.6 is 7.60 Å². The molecule has 1 aromatic rings. The van der Waals surface area contributed by atoms with Crippen LogP contribution in [-0.2, 0) is 9.36 Å². The molecular formula is C15H21O7P. The highest BCUT2D eigenvalue weighted by atomic mass is 31.2. The van der Waals surface area contributed by atoms with Crippen molar-refractivity contribution in [3.05, 3.63) is 23.8 Å². The first kappa shape index (κ1) is 19.2. The van der Waals surface area contributed by atoms with E-state index in [2.05, 4.69) is 0 Å². The predicted octanol–water partition coefficient (Wildman–Crippen LogP) is 2.25. The Morgan fingerprint density at radius 1 is 1.09 bits per heavy atom. The van der Waals surface area contributed by atoms with Gasteiger partial charge in [0, 0.05) is 0 Å². The molecule has 0 atom stereocenters. The summed E-state index contributed by atoms with van der Waals surface area (Å²) in [7, 11) is -0.155. The minimum absolute atomic E-state index is 0.410. The standard InChI is InChI=1S/C15H21O7P/c1-15(2,23(17,18)19)13(16)7-6-10-8-11(20-3)14(22-5)12(9-10)21-4/h6-9H,1-5H3,(H2,17,18,19). The number of ether oxygens (including phenoxy) is 3. The third-order valence-corrected chi connectivity index (χ3v) is 5.12. The van der Waals surface area contributed by atoms with E-state index in [0.717, 1.165) is 6.08 Å². The molecule has 0 fully saturated rings. The molecule has 0 saturated heterocycles. The lowest BCUT2D eigenvalue weighted by molar-refractivity contribution is -0.116. The van der Waals surface area contributed by atoms with Gasteiger partial charge in [0.05, 0.1) is 21.3 Å². The molecule has 0 aliphatic heterocycles. The number of methoxy groups -OCH3 is 3. The van der Waals surface area contributed by atoms with E-state index in [4.69, 9.17) is 14.2 Å². The lowest BCUT2D eigenvalue weighted by atomic mass is 10.1. The molecule has 0 bridgehead atoms. The molecule has 1 aromatic carbocycles. The quantitative estimate of drug-likeness (QED) is 0.578. The molecule has 7 nitrogen and oxygen atoms in total. The van der Waals surface area contributed by atoms with Crippen LogP contribution in [0.25, 0.3) is 6.08 Å². The van der Waals surface area contributed by atoms with Gasteiger partial charge in [-0.05, 0) is 37.6 Å².